The van der Waals surface area contributed by atoms with Crippen LogP contribution in [0.2, 0.25) is 0 Å². The van der Waals surface area contributed by atoms with Gasteiger partial charge in [0.15, 0.2) is 11.2 Å². The molecule has 0 bridgehead atoms. The SMILES string of the molecule is C=C(C)COC(=O)C(NC(=S)NC(=O)OCC)c1cn(S(=O)(=O)c2ccc(C)cc2)c2ccccc12. The molecule has 1 aromatic heterocycles. The molecule has 11 heteroatoms. The Morgan fingerprint density at radius 3 is 2.42 bits per heavy atom. The van der Waals surface area contributed by atoms with Crippen LogP contribution in [0.5, 0.6) is 0 Å². The molecule has 0 fully saturated rings. The fraction of sp³-hybridized carbons (Fsp3) is 0.240. The van der Waals surface area contributed by atoms with Gasteiger partial charge in [-0.05, 0) is 56.8 Å². The summed E-state index contributed by atoms with van der Waals surface area (Å²) in [5.41, 5.74) is 2.18. The summed E-state index contributed by atoms with van der Waals surface area (Å²) in [5.74, 6) is -0.735. The summed E-state index contributed by atoms with van der Waals surface area (Å²) in [6.07, 6.45) is 0.556. The summed E-state index contributed by atoms with van der Waals surface area (Å²) in [4.78, 5) is 25.0. The number of rotatable bonds is 8. The molecule has 0 saturated carbocycles. The van der Waals surface area contributed by atoms with Crippen LogP contribution in [0, 0.1) is 6.92 Å². The van der Waals surface area contributed by atoms with Crippen molar-refractivity contribution in [2.75, 3.05) is 13.2 Å². The largest absolute Gasteiger partial charge is 0.459 e. The summed E-state index contributed by atoms with van der Waals surface area (Å²) in [6.45, 7) is 9.00. The minimum Gasteiger partial charge on any atom is -0.459 e. The topological polar surface area (TPSA) is 116 Å². The Balaban J connectivity index is 2.10. The molecule has 1 atom stereocenters. The number of aromatic nitrogens is 1. The van der Waals surface area contributed by atoms with Gasteiger partial charge in [0, 0.05) is 17.1 Å². The quantitative estimate of drug-likeness (QED) is 0.256. The molecule has 9 nitrogen and oxygen atoms in total. The lowest BCUT2D eigenvalue weighted by molar-refractivity contribution is -0.144. The molecule has 2 aromatic carbocycles. The third-order valence-electron chi connectivity index (χ3n) is 5.06. The number of amides is 1. The summed E-state index contributed by atoms with van der Waals surface area (Å²) >= 11 is 5.19. The first-order valence-electron chi connectivity index (χ1n) is 11.0. The molecule has 0 aliphatic rings. The Labute approximate surface area is 215 Å². The predicted molar refractivity (Wildman–Crippen MR) is 140 cm³/mol. The van der Waals surface area contributed by atoms with E-state index in [1.54, 1.807) is 50.2 Å². The van der Waals surface area contributed by atoms with E-state index in [1.165, 1.54) is 18.3 Å². The van der Waals surface area contributed by atoms with Crippen LogP contribution in [0.25, 0.3) is 10.9 Å². The van der Waals surface area contributed by atoms with Crippen LogP contribution in [0.1, 0.15) is 31.0 Å². The van der Waals surface area contributed by atoms with Crippen molar-refractivity contribution in [2.24, 2.45) is 0 Å². The zero-order valence-corrected chi connectivity index (χ0v) is 21.7. The van der Waals surface area contributed by atoms with Crippen molar-refractivity contribution >= 4 is 50.3 Å². The van der Waals surface area contributed by atoms with Crippen LogP contribution >= 0.6 is 12.2 Å². The first-order chi connectivity index (χ1) is 17.0. The van der Waals surface area contributed by atoms with E-state index >= 15 is 0 Å². The van der Waals surface area contributed by atoms with Gasteiger partial charge >= 0.3 is 12.1 Å². The van der Waals surface area contributed by atoms with Crippen molar-refractivity contribution < 1.29 is 27.5 Å². The number of nitrogens with one attached hydrogen (secondary N) is 2. The van der Waals surface area contributed by atoms with Gasteiger partial charge in [0.2, 0.25) is 0 Å². The molecule has 2 N–H and O–H groups in total. The molecule has 3 rings (SSSR count). The minimum atomic E-state index is -4.00. The zero-order chi connectivity index (χ0) is 26.5. The van der Waals surface area contributed by atoms with Crippen molar-refractivity contribution in [1.29, 1.82) is 0 Å². The first-order valence-corrected chi connectivity index (χ1v) is 12.9. The number of hydrogen-bond donors (Lipinski definition) is 2. The smallest absolute Gasteiger partial charge is 0.413 e. The number of hydrogen-bond acceptors (Lipinski definition) is 7. The Morgan fingerprint density at radius 1 is 1.11 bits per heavy atom. The van der Waals surface area contributed by atoms with Crippen LogP contribution < -0.4 is 10.6 Å². The molecule has 1 heterocycles. The van der Waals surface area contributed by atoms with Gasteiger partial charge in [-0.25, -0.2) is 22.0 Å². The van der Waals surface area contributed by atoms with Crippen molar-refractivity contribution in [3.8, 4) is 0 Å². The average molecular weight is 530 g/mol. The maximum absolute atomic E-state index is 13.5. The lowest BCUT2D eigenvalue weighted by Crippen LogP contribution is -2.44. The van der Waals surface area contributed by atoms with Crippen LogP contribution in [0.4, 0.5) is 4.79 Å². The van der Waals surface area contributed by atoms with Gasteiger partial charge in [0.05, 0.1) is 17.0 Å². The monoisotopic (exact) mass is 529 g/mol. The summed E-state index contributed by atoms with van der Waals surface area (Å²) in [7, 11) is -4.00. The molecule has 0 saturated heterocycles. The van der Waals surface area contributed by atoms with E-state index in [1.807, 2.05) is 6.92 Å². The van der Waals surface area contributed by atoms with Crippen molar-refractivity contribution in [3.63, 3.8) is 0 Å². The molecule has 190 valence electrons. The number of ether oxygens (including phenoxy) is 2. The van der Waals surface area contributed by atoms with E-state index in [2.05, 4.69) is 17.2 Å². The maximum atomic E-state index is 13.5. The maximum Gasteiger partial charge on any atom is 0.413 e. The number of carbonyl (C=O) groups is 2. The number of aryl methyl sites for hydroxylation is 1. The third-order valence-corrected chi connectivity index (χ3v) is 6.97. The van der Waals surface area contributed by atoms with Crippen molar-refractivity contribution in [2.45, 2.75) is 31.7 Å². The lowest BCUT2D eigenvalue weighted by atomic mass is 10.1. The van der Waals surface area contributed by atoms with Gasteiger partial charge in [-0.2, -0.15) is 0 Å². The highest BCUT2D eigenvalue weighted by Gasteiger charge is 2.30. The molecular weight excluding hydrogens is 502 g/mol. The Bertz CT molecular complexity index is 1410. The number of nitrogens with zero attached hydrogens (tertiary/aromatic N) is 1. The number of benzene rings is 2. The Kier molecular flexibility index (Phi) is 8.49. The number of thiocarbonyl (C=S) groups is 1. The van der Waals surface area contributed by atoms with Gasteiger partial charge in [-0.15, -0.1) is 0 Å². The highest BCUT2D eigenvalue weighted by molar-refractivity contribution is 7.90. The number of para-hydroxylation sites is 1. The second-order valence-electron chi connectivity index (χ2n) is 8.03. The van der Waals surface area contributed by atoms with Gasteiger partial charge in [-0.3, -0.25) is 5.32 Å². The molecule has 1 amide bonds. The standard InChI is InChI=1S/C25H27N3O6S2/c1-5-33-25(30)27-24(35)26-22(23(29)34-15-16(2)3)20-14-28(21-9-7-6-8-19(20)21)36(31,32)18-12-10-17(4)11-13-18/h6-14,22H,2,5,15H2,1,3-4H3,(H2,26,27,30,35). The molecule has 1 unspecified atom stereocenters. The van der Waals surface area contributed by atoms with E-state index in [4.69, 9.17) is 21.7 Å². The predicted octanol–water partition coefficient (Wildman–Crippen LogP) is 3.97. The van der Waals surface area contributed by atoms with E-state index < -0.39 is 28.1 Å². The third kappa shape index (κ3) is 6.10. The van der Waals surface area contributed by atoms with Gasteiger partial charge in [0.25, 0.3) is 10.0 Å². The molecule has 0 radical (unpaired) electrons. The molecule has 0 aliphatic carbocycles. The molecule has 0 aliphatic heterocycles. The van der Waals surface area contributed by atoms with Crippen molar-refractivity contribution in [1.82, 2.24) is 14.6 Å². The highest BCUT2D eigenvalue weighted by Crippen LogP contribution is 2.31. The van der Waals surface area contributed by atoms with Crippen molar-refractivity contribution in [3.05, 3.63) is 78.0 Å². The number of fused-ring (bicyclic) bond motifs is 1. The summed E-state index contributed by atoms with van der Waals surface area (Å²) < 4.78 is 38.4. The summed E-state index contributed by atoms with van der Waals surface area (Å²) in [5, 5.41) is 5.38. The normalized spacial score (nSPS) is 12.0. The van der Waals surface area contributed by atoms with Crippen LogP contribution in [-0.2, 0) is 24.3 Å². The molecule has 0 spiro atoms. The fourth-order valence-electron chi connectivity index (χ4n) is 3.40. The van der Waals surface area contributed by atoms with E-state index in [0.717, 1.165) is 9.54 Å². The van der Waals surface area contributed by atoms with E-state index in [-0.39, 0.29) is 23.2 Å². The Morgan fingerprint density at radius 2 is 1.78 bits per heavy atom. The second kappa shape index (κ2) is 11.4. The van der Waals surface area contributed by atoms with Gasteiger partial charge in [-0.1, -0.05) is 42.5 Å². The van der Waals surface area contributed by atoms with Gasteiger partial charge in [0.1, 0.15) is 6.61 Å². The fourth-order valence-corrected chi connectivity index (χ4v) is 4.98. The number of esters is 1. The van der Waals surface area contributed by atoms with Crippen LogP contribution in [0.3, 0.4) is 0 Å². The lowest BCUT2D eigenvalue weighted by Gasteiger charge is -2.19. The van der Waals surface area contributed by atoms with Crippen LogP contribution in [0.15, 0.2) is 71.8 Å². The first kappa shape index (κ1) is 26.9. The van der Waals surface area contributed by atoms with E-state index in [0.29, 0.717) is 22.0 Å². The average Bonchev–Trinajstić information content (AvgIpc) is 3.21. The number of alkyl carbamates (subject to hydrolysis) is 1. The zero-order valence-electron chi connectivity index (χ0n) is 20.1. The second-order valence-corrected chi connectivity index (χ2v) is 10.3. The highest BCUT2D eigenvalue weighted by atomic mass is 32.2. The van der Waals surface area contributed by atoms with Gasteiger partial charge < -0.3 is 14.8 Å². The Hall–Kier alpha value is -3.70. The van der Waals surface area contributed by atoms with E-state index in [9.17, 15) is 18.0 Å². The molecule has 3 aromatic rings. The minimum absolute atomic E-state index is 0.0462. The molecular formula is C25H27N3O6S2. The summed E-state index contributed by atoms with van der Waals surface area (Å²) in [6, 6.07) is 12.0. The van der Waals surface area contributed by atoms with Crippen LogP contribution in [-0.4, -0.2) is 42.8 Å². The number of carbonyl (C=O) groups excluding carboxylic acids is 2. The molecule has 36 heavy (non-hydrogen) atoms.